The zero-order valence-corrected chi connectivity index (χ0v) is 11.9. The van der Waals surface area contributed by atoms with Gasteiger partial charge in [-0.15, -0.1) is 11.8 Å². The molecule has 0 aliphatic carbocycles. The molecule has 0 radical (unpaired) electrons. The monoisotopic (exact) mass is 280 g/mol. The Hall–Kier alpha value is -1.07. The molecule has 0 aromatic heterocycles. The smallest absolute Gasteiger partial charge is 0.237 e. The molecule has 1 amide bonds. The van der Waals surface area contributed by atoms with E-state index in [1.54, 1.807) is 11.8 Å². The minimum absolute atomic E-state index is 0.0814. The van der Waals surface area contributed by atoms with Crippen LogP contribution in [0.15, 0.2) is 18.2 Å². The number of thioether (sulfide) groups is 1. The summed E-state index contributed by atoms with van der Waals surface area (Å²) in [7, 11) is 0. The molecule has 0 bridgehead atoms. The van der Waals surface area contributed by atoms with E-state index >= 15 is 0 Å². The Morgan fingerprint density at radius 1 is 1.56 bits per heavy atom. The summed E-state index contributed by atoms with van der Waals surface area (Å²) in [6.45, 7) is 1.96. The Morgan fingerprint density at radius 3 is 2.94 bits per heavy atom. The predicted octanol–water partition coefficient (Wildman–Crippen LogP) is 2.46. The molecular weight excluding hydrogens is 264 g/mol. The van der Waals surface area contributed by atoms with Gasteiger partial charge in [0.15, 0.2) is 0 Å². The van der Waals surface area contributed by atoms with Gasteiger partial charge < -0.3 is 11.1 Å². The van der Waals surface area contributed by atoms with Gasteiger partial charge in [-0.25, -0.2) is 0 Å². The molecule has 1 saturated heterocycles. The largest absolute Gasteiger partial charge is 0.389 e. The van der Waals surface area contributed by atoms with E-state index in [1.165, 1.54) is 0 Å². The number of benzene rings is 1. The fraction of sp³-hybridized carbons (Fsp3) is 0.385. The second kappa shape index (κ2) is 5.71. The van der Waals surface area contributed by atoms with E-state index in [4.69, 9.17) is 18.0 Å². The van der Waals surface area contributed by atoms with Gasteiger partial charge in [0, 0.05) is 11.3 Å². The highest BCUT2D eigenvalue weighted by atomic mass is 32.2. The average Bonchev–Trinajstić information content (AvgIpc) is 2.85. The molecule has 1 fully saturated rings. The van der Waals surface area contributed by atoms with Crippen molar-refractivity contribution in [2.75, 3.05) is 11.1 Å². The predicted molar refractivity (Wildman–Crippen MR) is 81.2 cm³/mol. The highest BCUT2D eigenvalue weighted by molar-refractivity contribution is 8.00. The number of hydrogen-bond acceptors (Lipinski definition) is 3. The maximum Gasteiger partial charge on any atom is 0.237 e. The van der Waals surface area contributed by atoms with Crippen LogP contribution in [0.25, 0.3) is 0 Å². The first kappa shape index (κ1) is 13.4. The van der Waals surface area contributed by atoms with Crippen LogP contribution in [-0.2, 0) is 4.79 Å². The summed E-state index contributed by atoms with van der Waals surface area (Å²) in [5, 5.41) is 3.05. The van der Waals surface area contributed by atoms with Gasteiger partial charge in [0.1, 0.15) is 4.99 Å². The van der Waals surface area contributed by atoms with Gasteiger partial charge in [0.25, 0.3) is 0 Å². The van der Waals surface area contributed by atoms with Crippen molar-refractivity contribution in [1.82, 2.24) is 0 Å². The molecule has 1 aliphatic heterocycles. The number of rotatable bonds is 3. The number of nitrogens with two attached hydrogens (primary N) is 1. The van der Waals surface area contributed by atoms with Crippen LogP contribution >= 0.6 is 24.0 Å². The summed E-state index contributed by atoms with van der Waals surface area (Å²) < 4.78 is 0. The number of anilines is 1. The van der Waals surface area contributed by atoms with Crippen molar-refractivity contribution in [2.24, 2.45) is 5.73 Å². The van der Waals surface area contributed by atoms with Crippen molar-refractivity contribution in [3.05, 3.63) is 29.3 Å². The van der Waals surface area contributed by atoms with E-state index in [2.05, 4.69) is 5.32 Å². The third-order valence-electron chi connectivity index (χ3n) is 3.00. The topological polar surface area (TPSA) is 55.1 Å². The van der Waals surface area contributed by atoms with E-state index in [0.717, 1.165) is 35.4 Å². The number of carbonyl (C=O) groups is 1. The fourth-order valence-electron chi connectivity index (χ4n) is 1.91. The van der Waals surface area contributed by atoms with Crippen molar-refractivity contribution in [3.63, 3.8) is 0 Å². The molecule has 1 heterocycles. The molecule has 5 heteroatoms. The molecule has 3 N–H and O–H groups in total. The van der Waals surface area contributed by atoms with Crippen LogP contribution in [0.2, 0.25) is 0 Å². The zero-order chi connectivity index (χ0) is 13.1. The lowest BCUT2D eigenvalue weighted by molar-refractivity contribution is -0.115. The molecule has 1 atom stereocenters. The molecule has 1 aromatic carbocycles. The van der Waals surface area contributed by atoms with Crippen LogP contribution in [0, 0.1) is 6.92 Å². The van der Waals surface area contributed by atoms with Gasteiger partial charge in [0.2, 0.25) is 5.91 Å². The lowest BCUT2D eigenvalue weighted by Crippen LogP contribution is -2.23. The van der Waals surface area contributed by atoms with Crippen molar-refractivity contribution in [1.29, 1.82) is 0 Å². The fourth-order valence-corrected chi connectivity index (χ4v) is 3.20. The number of aryl methyl sites for hydroxylation is 1. The van der Waals surface area contributed by atoms with Crippen LogP contribution < -0.4 is 11.1 Å². The Bertz CT molecular complexity index is 482. The van der Waals surface area contributed by atoms with Gasteiger partial charge in [0.05, 0.1) is 5.25 Å². The van der Waals surface area contributed by atoms with Gasteiger partial charge >= 0.3 is 0 Å². The second-order valence-electron chi connectivity index (χ2n) is 4.38. The van der Waals surface area contributed by atoms with Crippen LogP contribution in [0.3, 0.4) is 0 Å². The minimum atomic E-state index is 0.0814. The second-order valence-corrected chi connectivity index (χ2v) is 6.14. The lowest BCUT2D eigenvalue weighted by atomic mass is 10.1. The van der Waals surface area contributed by atoms with Gasteiger partial charge in [-0.3, -0.25) is 4.79 Å². The van der Waals surface area contributed by atoms with E-state index in [-0.39, 0.29) is 11.2 Å². The summed E-state index contributed by atoms with van der Waals surface area (Å²) in [4.78, 5) is 12.4. The van der Waals surface area contributed by atoms with Crippen molar-refractivity contribution >= 4 is 40.6 Å². The van der Waals surface area contributed by atoms with Crippen LogP contribution in [-0.4, -0.2) is 21.9 Å². The van der Waals surface area contributed by atoms with E-state index < -0.39 is 0 Å². The Kier molecular flexibility index (Phi) is 4.24. The third kappa shape index (κ3) is 3.03. The summed E-state index contributed by atoms with van der Waals surface area (Å²) in [5.74, 6) is 1.16. The lowest BCUT2D eigenvalue weighted by Gasteiger charge is -2.13. The first-order valence-corrected chi connectivity index (χ1v) is 7.36. The van der Waals surface area contributed by atoms with Crippen LogP contribution in [0.1, 0.15) is 24.0 Å². The summed E-state index contributed by atoms with van der Waals surface area (Å²) in [6, 6.07) is 5.64. The first-order valence-electron chi connectivity index (χ1n) is 5.91. The Balaban J connectivity index is 2.14. The van der Waals surface area contributed by atoms with Crippen molar-refractivity contribution < 1.29 is 4.79 Å². The summed E-state index contributed by atoms with van der Waals surface area (Å²) in [5.41, 5.74) is 8.21. The Labute approximate surface area is 117 Å². The highest BCUT2D eigenvalue weighted by Gasteiger charge is 2.23. The van der Waals surface area contributed by atoms with Gasteiger partial charge in [-0.1, -0.05) is 24.4 Å². The molecule has 2 rings (SSSR count). The number of thiocarbonyl (C=S) groups is 1. The van der Waals surface area contributed by atoms with Crippen molar-refractivity contribution in [3.8, 4) is 0 Å². The minimum Gasteiger partial charge on any atom is -0.389 e. The van der Waals surface area contributed by atoms with Crippen LogP contribution in [0.4, 0.5) is 5.69 Å². The van der Waals surface area contributed by atoms with Crippen molar-refractivity contribution in [2.45, 2.75) is 25.0 Å². The number of carbonyl (C=O) groups excluding carboxylic acids is 1. The number of nitrogens with one attached hydrogen (secondary N) is 1. The molecule has 1 aliphatic rings. The summed E-state index contributed by atoms with van der Waals surface area (Å²) >= 11 is 6.67. The van der Waals surface area contributed by atoms with E-state index in [0.29, 0.717) is 4.99 Å². The molecule has 1 aromatic rings. The molecular formula is C13H16N2OS2. The SMILES string of the molecule is Cc1ccc(C(N)=S)cc1NC(=O)C1CCCS1. The molecule has 0 spiro atoms. The molecule has 0 saturated carbocycles. The summed E-state index contributed by atoms with van der Waals surface area (Å²) in [6.07, 6.45) is 2.08. The van der Waals surface area contributed by atoms with E-state index in [1.807, 2.05) is 25.1 Å². The quantitative estimate of drug-likeness (QED) is 0.835. The molecule has 18 heavy (non-hydrogen) atoms. The maximum absolute atomic E-state index is 12.1. The molecule has 96 valence electrons. The van der Waals surface area contributed by atoms with Gasteiger partial charge in [-0.2, -0.15) is 0 Å². The average molecular weight is 280 g/mol. The normalized spacial score (nSPS) is 18.6. The van der Waals surface area contributed by atoms with E-state index in [9.17, 15) is 4.79 Å². The first-order chi connectivity index (χ1) is 8.58. The highest BCUT2D eigenvalue weighted by Crippen LogP contribution is 2.28. The maximum atomic E-state index is 12.1. The third-order valence-corrected chi connectivity index (χ3v) is 4.61. The van der Waals surface area contributed by atoms with Crippen LogP contribution in [0.5, 0.6) is 0 Å². The molecule has 3 nitrogen and oxygen atoms in total. The number of amides is 1. The molecule has 1 unspecified atom stereocenters. The Morgan fingerprint density at radius 2 is 2.33 bits per heavy atom. The van der Waals surface area contributed by atoms with Gasteiger partial charge in [-0.05, 0) is 37.1 Å². The zero-order valence-electron chi connectivity index (χ0n) is 10.2. The standard InChI is InChI=1S/C13H16N2OS2/c1-8-4-5-9(12(14)17)7-10(8)15-13(16)11-3-2-6-18-11/h4-5,7,11H,2-3,6H2,1H3,(H2,14,17)(H,15,16). The number of hydrogen-bond donors (Lipinski definition) is 2.